The molecule has 12 unspecified atom stereocenters. The van der Waals surface area contributed by atoms with Crippen molar-refractivity contribution in [3.8, 4) is 0 Å². The molecule has 14 heteroatoms. The predicted molar refractivity (Wildman–Crippen MR) is 300 cm³/mol. The number of aliphatic hydroxyl groups is 8. The Morgan fingerprint density at radius 3 is 1.40 bits per heavy atom. The Morgan fingerprint density at radius 1 is 0.480 bits per heavy atom. The van der Waals surface area contributed by atoms with Gasteiger partial charge in [-0.3, -0.25) is 4.79 Å². The molecule has 0 bridgehead atoms. The minimum atomic E-state index is -1.79. The summed E-state index contributed by atoms with van der Waals surface area (Å²) < 4.78 is 22.8. The van der Waals surface area contributed by atoms with Gasteiger partial charge in [0.1, 0.15) is 48.8 Å². The summed E-state index contributed by atoms with van der Waals surface area (Å²) in [7, 11) is 0. The van der Waals surface area contributed by atoms with Gasteiger partial charge < -0.3 is 65.1 Å². The van der Waals surface area contributed by atoms with Crippen molar-refractivity contribution in [3.63, 3.8) is 0 Å². The molecule has 2 aliphatic rings. The lowest BCUT2D eigenvalue weighted by molar-refractivity contribution is -0.359. The van der Waals surface area contributed by atoms with Gasteiger partial charge in [-0.1, -0.05) is 209 Å². The number of ether oxygens (including phenoxy) is 4. The van der Waals surface area contributed by atoms with Gasteiger partial charge in [-0.05, 0) is 70.6 Å². The fourth-order valence-electron chi connectivity index (χ4n) is 9.55. The molecular weight excluding hydrogens is 955 g/mol. The molecule has 0 aliphatic carbocycles. The zero-order valence-electron chi connectivity index (χ0n) is 46.8. The summed E-state index contributed by atoms with van der Waals surface area (Å²) in [6, 6.07) is -0.938. The van der Waals surface area contributed by atoms with Crippen LogP contribution in [0.25, 0.3) is 0 Å². The fourth-order valence-corrected chi connectivity index (χ4v) is 9.55. The maximum atomic E-state index is 13.3. The number of hydrogen-bond donors (Lipinski definition) is 9. The molecule has 2 saturated heterocycles. The van der Waals surface area contributed by atoms with Crippen LogP contribution in [0.3, 0.4) is 0 Å². The monoisotopic (exact) mass is 1060 g/mol. The predicted octanol–water partition coefficient (Wildman–Crippen LogP) is 10.2. The molecule has 12 atom stereocenters. The molecule has 0 spiro atoms. The molecule has 2 heterocycles. The number of amides is 1. The van der Waals surface area contributed by atoms with Crippen LogP contribution in [0, 0.1) is 0 Å². The normalized spacial score (nSPS) is 25.5. The minimum Gasteiger partial charge on any atom is -0.394 e. The number of carbonyl (C=O) groups excluding carboxylic acids is 1. The summed E-state index contributed by atoms with van der Waals surface area (Å²) in [5, 5.41) is 87.1. The van der Waals surface area contributed by atoms with Crippen LogP contribution in [0.2, 0.25) is 0 Å². The lowest BCUT2D eigenvalue weighted by atomic mass is 9.97. The molecule has 436 valence electrons. The third kappa shape index (κ3) is 32.4. The molecule has 9 N–H and O–H groups in total. The Labute approximate surface area is 454 Å². The molecule has 14 nitrogen and oxygen atoms in total. The maximum Gasteiger partial charge on any atom is 0.220 e. The first-order valence-corrected chi connectivity index (χ1v) is 30.0. The average molecular weight is 1060 g/mol. The van der Waals surface area contributed by atoms with Crippen molar-refractivity contribution in [2.75, 3.05) is 19.8 Å². The van der Waals surface area contributed by atoms with E-state index in [2.05, 4.69) is 67.8 Å². The van der Waals surface area contributed by atoms with Gasteiger partial charge in [0.2, 0.25) is 5.91 Å². The van der Waals surface area contributed by atoms with Crippen molar-refractivity contribution >= 4 is 5.91 Å². The minimum absolute atomic E-state index is 0.257. The lowest BCUT2D eigenvalue weighted by Crippen LogP contribution is -2.65. The van der Waals surface area contributed by atoms with Crippen molar-refractivity contribution in [1.82, 2.24) is 5.32 Å². The largest absolute Gasteiger partial charge is 0.394 e. The van der Waals surface area contributed by atoms with E-state index < -0.39 is 86.8 Å². The third-order valence-electron chi connectivity index (χ3n) is 14.4. The summed E-state index contributed by atoms with van der Waals surface area (Å²) in [5.41, 5.74) is 0. The first kappa shape index (κ1) is 68.8. The second-order valence-electron chi connectivity index (χ2n) is 21.1. The van der Waals surface area contributed by atoms with Crippen molar-refractivity contribution in [2.45, 2.75) is 299 Å². The number of allylic oxidation sites excluding steroid dienone is 9. The average Bonchev–Trinajstić information content (AvgIpc) is 3.41. The van der Waals surface area contributed by atoms with Crippen LogP contribution in [-0.4, -0.2) is 140 Å². The highest BCUT2D eigenvalue weighted by Gasteiger charge is 2.51. The van der Waals surface area contributed by atoms with Crippen LogP contribution in [0.4, 0.5) is 0 Å². The van der Waals surface area contributed by atoms with Gasteiger partial charge in [0, 0.05) is 6.42 Å². The second kappa shape index (κ2) is 46.6. The van der Waals surface area contributed by atoms with Crippen LogP contribution >= 0.6 is 0 Å². The Bertz CT molecular complexity index is 1490. The molecule has 0 saturated carbocycles. The maximum absolute atomic E-state index is 13.3. The van der Waals surface area contributed by atoms with Crippen LogP contribution in [0.15, 0.2) is 60.8 Å². The van der Waals surface area contributed by atoms with E-state index in [0.717, 1.165) is 51.4 Å². The highest BCUT2D eigenvalue weighted by Crippen LogP contribution is 2.30. The van der Waals surface area contributed by atoms with Crippen molar-refractivity contribution < 1.29 is 64.6 Å². The van der Waals surface area contributed by atoms with E-state index in [1.807, 2.05) is 6.08 Å². The van der Waals surface area contributed by atoms with E-state index in [4.69, 9.17) is 18.9 Å². The van der Waals surface area contributed by atoms with Gasteiger partial charge in [-0.25, -0.2) is 0 Å². The summed E-state index contributed by atoms with van der Waals surface area (Å²) in [6.07, 6.45) is 42.5. The molecule has 0 aromatic rings. The second-order valence-corrected chi connectivity index (χ2v) is 21.1. The Hall–Kier alpha value is -2.31. The zero-order valence-corrected chi connectivity index (χ0v) is 46.8. The molecule has 0 radical (unpaired) electrons. The summed E-state index contributed by atoms with van der Waals surface area (Å²) >= 11 is 0. The van der Waals surface area contributed by atoms with Crippen LogP contribution in [0.1, 0.15) is 226 Å². The SMILES string of the molecule is CCCCCCC/C=C\C/C=C\C/C=C\CCCCCCCCCCC(=O)NC(COC1OC(CO)C(OC2OC(CO)C(O)C(O)C2O)C(O)C1O)C(O)/C=C/CC/C=C/CCCCCCCCCCCCCC. The van der Waals surface area contributed by atoms with Crippen LogP contribution < -0.4 is 5.32 Å². The quantitative estimate of drug-likeness (QED) is 0.0204. The number of carbonyl (C=O) groups is 1. The van der Waals surface area contributed by atoms with E-state index in [-0.39, 0.29) is 18.9 Å². The molecule has 1 amide bonds. The summed E-state index contributed by atoms with van der Waals surface area (Å²) in [6.45, 7) is 2.77. The van der Waals surface area contributed by atoms with Gasteiger partial charge in [-0.2, -0.15) is 0 Å². The van der Waals surface area contributed by atoms with Crippen molar-refractivity contribution in [2.24, 2.45) is 0 Å². The van der Waals surface area contributed by atoms with Gasteiger partial charge in [0.15, 0.2) is 12.6 Å². The van der Waals surface area contributed by atoms with Gasteiger partial charge in [0.05, 0.1) is 32.0 Å². The number of aliphatic hydroxyl groups excluding tert-OH is 8. The highest BCUT2D eigenvalue weighted by atomic mass is 16.7. The number of nitrogens with one attached hydrogen (secondary N) is 1. The van der Waals surface area contributed by atoms with E-state index in [1.54, 1.807) is 6.08 Å². The molecule has 2 fully saturated rings. The lowest BCUT2D eigenvalue weighted by Gasteiger charge is -2.46. The molecule has 75 heavy (non-hydrogen) atoms. The Balaban J connectivity index is 1.79. The molecule has 0 aromatic heterocycles. The standard InChI is InChI=1S/C61H109NO13/c1-3-5-7-9-11-13-15-17-19-21-23-24-25-26-27-29-31-33-35-37-39-41-43-45-53(66)62-49(50(65)44-42-40-38-36-34-32-30-28-22-20-18-16-14-12-10-8-6-4-2)48-72-60-58(71)56(69)59(52(47-64)74-60)75-61-57(70)55(68)54(67)51(46-63)73-61/h15,17,21,23,25-26,34,36,42,44,49-52,54-61,63-65,67-71H,3-14,16,18-20,22,24,27-33,35,37-41,43,45-48H2,1-2H3,(H,62,66)/b17-15-,23-21-,26-25-,36-34+,44-42+. The Morgan fingerprint density at radius 2 is 0.893 bits per heavy atom. The molecular formula is C61H109NO13. The zero-order chi connectivity index (χ0) is 54.6. The molecule has 2 rings (SSSR count). The van der Waals surface area contributed by atoms with Crippen LogP contribution in [-0.2, 0) is 23.7 Å². The van der Waals surface area contributed by atoms with E-state index in [9.17, 15) is 45.6 Å². The number of rotatable bonds is 47. The number of unbranched alkanes of at least 4 members (excludes halogenated alkanes) is 26. The fraction of sp³-hybridized carbons (Fsp3) is 0.820. The van der Waals surface area contributed by atoms with Crippen molar-refractivity contribution in [3.05, 3.63) is 60.8 Å². The third-order valence-corrected chi connectivity index (χ3v) is 14.4. The summed E-state index contributed by atoms with van der Waals surface area (Å²) in [4.78, 5) is 13.3. The topological polar surface area (TPSA) is 228 Å². The van der Waals surface area contributed by atoms with Gasteiger partial charge >= 0.3 is 0 Å². The first-order valence-electron chi connectivity index (χ1n) is 30.0. The first-order chi connectivity index (χ1) is 36.6. The molecule has 2 aliphatic heterocycles. The highest BCUT2D eigenvalue weighted by molar-refractivity contribution is 5.76. The Kier molecular flexibility index (Phi) is 42.7. The van der Waals surface area contributed by atoms with E-state index in [1.165, 1.54) is 141 Å². The van der Waals surface area contributed by atoms with Crippen molar-refractivity contribution in [1.29, 1.82) is 0 Å². The van der Waals surface area contributed by atoms with E-state index in [0.29, 0.717) is 12.8 Å². The number of hydrogen-bond acceptors (Lipinski definition) is 13. The van der Waals surface area contributed by atoms with Crippen LogP contribution in [0.5, 0.6) is 0 Å². The van der Waals surface area contributed by atoms with E-state index >= 15 is 0 Å². The smallest absolute Gasteiger partial charge is 0.220 e. The van der Waals surface area contributed by atoms with Gasteiger partial charge in [-0.15, -0.1) is 0 Å². The summed E-state index contributed by atoms with van der Waals surface area (Å²) in [5.74, 6) is -0.257. The molecule has 0 aromatic carbocycles. The van der Waals surface area contributed by atoms with Gasteiger partial charge in [0.25, 0.3) is 0 Å².